The number of rotatable bonds is 4. The van der Waals surface area contributed by atoms with E-state index in [4.69, 9.17) is 5.73 Å². The van der Waals surface area contributed by atoms with Gasteiger partial charge in [0, 0.05) is 18.7 Å². The Balaban J connectivity index is 1.92. The van der Waals surface area contributed by atoms with Crippen molar-refractivity contribution in [2.24, 2.45) is 11.7 Å². The SMILES string of the molecule is CC(O)C1CCN(Cc2ccc(F)c(CN)c2)CC1. The zero-order valence-corrected chi connectivity index (χ0v) is 11.5. The van der Waals surface area contributed by atoms with Gasteiger partial charge in [0.1, 0.15) is 5.82 Å². The minimum Gasteiger partial charge on any atom is -0.393 e. The quantitative estimate of drug-likeness (QED) is 0.875. The maximum atomic E-state index is 13.4. The Labute approximate surface area is 114 Å². The van der Waals surface area contributed by atoms with Crippen LogP contribution in [0, 0.1) is 11.7 Å². The summed E-state index contributed by atoms with van der Waals surface area (Å²) < 4.78 is 13.4. The topological polar surface area (TPSA) is 49.5 Å². The van der Waals surface area contributed by atoms with Crippen molar-refractivity contribution in [1.82, 2.24) is 4.90 Å². The van der Waals surface area contributed by atoms with Crippen LogP contribution in [0.1, 0.15) is 30.9 Å². The zero-order chi connectivity index (χ0) is 13.8. The maximum absolute atomic E-state index is 13.4. The first kappa shape index (κ1) is 14.4. The summed E-state index contributed by atoms with van der Waals surface area (Å²) in [6.45, 7) is 4.92. The second-order valence-corrected chi connectivity index (χ2v) is 5.48. The molecule has 3 nitrogen and oxygen atoms in total. The van der Waals surface area contributed by atoms with Crippen LogP contribution in [0.5, 0.6) is 0 Å². The number of nitrogens with zero attached hydrogens (tertiary/aromatic N) is 1. The summed E-state index contributed by atoms with van der Waals surface area (Å²) >= 11 is 0. The highest BCUT2D eigenvalue weighted by molar-refractivity contribution is 5.25. The number of hydrogen-bond acceptors (Lipinski definition) is 3. The van der Waals surface area contributed by atoms with Crippen molar-refractivity contribution < 1.29 is 9.50 Å². The van der Waals surface area contributed by atoms with Crippen molar-refractivity contribution in [2.75, 3.05) is 13.1 Å². The molecule has 1 aromatic rings. The smallest absolute Gasteiger partial charge is 0.127 e. The molecule has 1 unspecified atom stereocenters. The van der Waals surface area contributed by atoms with Crippen LogP contribution in [0.3, 0.4) is 0 Å². The Hall–Kier alpha value is -0.970. The Morgan fingerprint density at radius 2 is 2.11 bits per heavy atom. The molecule has 0 aliphatic carbocycles. The Morgan fingerprint density at radius 3 is 2.68 bits per heavy atom. The molecule has 19 heavy (non-hydrogen) atoms. The van der Waals surface area contributed by atoms with E-state index in [0.29, 0.717) is 11.5 Å². The van der Waals surface area contributed by atoms with Crippen LogP contribution < -0.4 is 5.73 Å². The monoisotopic (exact) mass is 266 g/mol. The van der Waals surface area contributed by atoms with Crippen LogP contribution in [0.2, 0.25) is 0 Å². The van der Waals surface area contributed by atoms with Crippen LogP contribution in [-0.4, -0.2) is 29.2 Å². The molecule has 1 fully saturated rings. The first-order chi connectivity index (χ1) is 9.10. The highest BCUT2D eigenvalue weighted by Crippen LogP contribution is 2.22. The molecule has 0 spiro atoms. The van der Waals surface area contributed by atoms with E-state index in [1.165, 1.54) is 6.07 Å². The fraction of sp³-hybridized carbons (Fsp3) is 0.600. The van der Waals surface area contributed by atoms with Crippen molar-refractivity contribution >= 4 is 0 Å². The fourth-order valence-electron chi connectivity index (χ4n) is 2.73. The zero-order valence-electron chi connectivity index (χ0n) is 11.5. The molecule has 1 saturated heterocycles. The molecule has 1 aliphatic rings. The second kappa shape index (κ2) is 6.46. The van der Waals surface area contributed by atoms with E-state index in [1.54, 1.807) is 0 Å². The van der Waals surface area contributed by atoms with E-state index >= 15 is 0 Å². The van der Waals surface area contributed by atoms with Crippen molar-refractivity contribution in [2.45, 2.75) is 39.0 Å². The standard InChI is InChI=1S/C15H23FN2O/c1-11(19)13-4-6-18(7-5-13)10-12-2-3-15(16)14(8-12)9-17/h2-3,8,11,13,19H,4-7,9-10,17H2,1H3. The van der Waals surface area contributed by atoms with Gasteiger partial charge in [0.15, 0.2) is 0 Å². The number of nitrogens with two attached hydrogens (primary N) is 1. The van der Waals surface area contributed by atoms with Gasteiger partial charge in [-0.3, -0.25) is 4.90 Å². The molecular weight excluding hydrogens is 243 g/mol. The summed E-state index contributed by atoms with van der Waals surface area (Å²) in [5, 5.41) is 9.58. The lowest BCUT2D eigenvalue weighted by atomic mass is 9.92. The number of likely N-dealkylation sites (tertiary alicyclic amines) is 1. The molecule has 2 rings (SSSR count). The molecule has 1 atom stereocenters. The molecular formula is C15H23FN2O. The van der Waals surface area contributed by atoms with Gasteiger partial charge in [-0.25, -0.2) is 4.39 Å². The first-order valence-electron chi connectivity index (χ1n) is 6.98. The Kier molecular flexibility index (Phi) is 4.91. The van der Waals surface area contributed by atoms with Gasteiger partial charge < -0.3 is 10.8 Å². The van der Waals surface area contributed by atoms with Crippen LogP contribution in [0.4, 0.5) is 4.39 Å². The predicted molar refractivity (Wildman–Crippen MR) is 74.0 cm³/mol. The van der Waals surface area contributed by atoms with Crippen molar-refractivity contribution in [3.8, 4) is 0 Å². The molecule has 1 aromatic carbocycles. The van der Waals surface area contributed by atoms with Gasteiger partial charge in [-0.05, 0) is 50.4 Å². The molecule has 0 radical (unpaired) electrons. The van der Waals surface area contributed by atoms with Crippen LogP contribution in [-0.2, 0) is 13.1 Å². The average Bonchev–Trinajstić information content (AvgIpc) is 2.41. The maximum Gasteiger partial charge on any atom is 0.127 e. The lowest BCUT2D eigenvalue weighted by Gasteiger charge is -2.33. The summed E-state index contributed by atoms with van der Waals surface area (Å²) in [6, 6.07) is 5.19. The third-order valence-electron chi connectivity index (χ3n) is 4.05. The summed E-state index contributed by atoms with van der Waals surface area (Å²) in [7, 11) is 0. The van der Waals surface area contributed by atoms with E-state index in [2.05, 4.69) is 4.90 Å². The Bertz CT molecular complexity index is 415. The van der Waals surface area contributed by atoms with Gasteiger partial charge in [0.2, 0.25) is 0 Å². The van der Waals surface area contributed by atoms with Gasteiger partial charge in [0.05, 0.1) is 6.10 Å². The number of hydrogen-bond donors (Lipinski definition) is 2. The summed E-state index contributed by atoms with van der Waals surface area (Å²) in [5.74, 6) is 0.197. The molecule has 3 N–H and O–H groups in total. The van der Waals surface area contributed by atoms with Gasteiger partial charge in [-0.2, -0.15) is 0 Å². The predicted octanol–water partition coefficient (Wildman–Crippen LogP) is 1.88. The number of piperidine rings is 1. The molecule has 0 saturated carbocycles. The van der Waals surface area contributed by atoms with E-state index in [-0.39, 0.29) is 18.5 Å². The molecule has 4 heteroatoms. The molecule has 106 valence electrons. The van der Waals surface area contributed by atoms with Gasteiger partial charge >= 0.3 is 0 Å². The van der Waals surface area contributed by atoms with E-state index in [0.717, 1.165) is 38.0 Å². The normalized spacial score (nSPS) is 19.6. The number of benzene rings is 1. The third-order valence-corrected chi connectivity index (χ3v) is 4.05. The summed E-state index contributed by atoms with van der Waals surface area (Å²) in [4.78, 5) is 2.35. The van der Waals surface area contributed by atoms with E-state index in [9.17, 15) is 9.50 Å². The van der Waals surface area contributed by atoms with Gasteiger partial charge in [-0.15, -0.1) is 0 Å². The van der Waals surface area contributed by atoms with Crippen molar-refractivity contribution in [1.29, 1.82) is 0 Å². The van der Waals surface area contributed by atoms with Crippen LogP contribution in [0.25, 0.3) is 0 Å². The van der Waals surface area contributed by atoms with Crippen LogP contribution >= 0.6 is 0 Å². The molecule has 1 heterocycles. The molecule has 0 aromatic heterocycles. The summed E-state index contributed by atoms with van der Waals surface area (Å²) in [6.07, 6.45) is 1.85. The molecule has 0 bridgehead atoms. The minimum atomic E-state index is -0.223. The Morgan fingerprint density at radius 1 is 1.42 bits per heavy atom. The fourth-order valence-corrected chi connectivity index (χ4v) is 2.73. The van der Waals surface area contributed by atoms with Gasteiger partial charge in [-0.1, -0.05) is 12.1 Å². The largest absolute Gasteiger partial charge is 0.393 e. The van der Waals surface area contributed by atoms with E-state index in [1.807, 2.05) is 19.1 Å². The lowest BCUT2D eigenvalue weighted by Crippen LogP contribution is -2.36. The first-order valence-corrected chi connectivity index (χ1v) is 6.98. The number of aliphatic hydroxyl groups is 1. The van der Waals surface area contributed by atoms with Crippen molar-refractivity contribution in [3.63, 3.8) is 0 Å². The third kappa shape index (κ3) is 3.75. The molecule has 0 amide bonds. The number of aliphatic hydroxyl groups excluding tert-OH is 1. The van der Waals surface area contributed by atoms with Gasteiger partial charge in [0.25, 0.3) is 0 Å². The lowest BCUT2D eigenvalue weighted by molar-refractivity contribution is 0.0695. The number of halogens is 1. The van der Waals surface area contributed by atoms with E-state index < -0.39 is 0 Å². The molecule has 1 aliphatic heterocycles. The minimum absolute atomic E-state index is 0.211. The second-order valence-electron chi connectivity index (χ2n) is 5.48. The van der Waals surface area contributed by atoms with Crippen LogP contribution in [0.15, 0.2) is 18.2 Å². The highest BCUT2D eigenvalue weighted by Gasteiger charge is 2.22. The summed E-state index contributed by atoms with van der Waals surface area (Å²) in [5.41, 5.74) is 7.21. The average molecular weight is 266 g/mol. The van der Waals surface area contributed by atoms with Crippen molar-refractivity contribution in [3.05, 3.63) is 35.1 Å². The highest BCUT2D eigenvalue weighted by atomic mass is 19.1.